The average Bonchev–Trinajstić information content (AvgIpc) is 3.01. The molecule has 0 aliphatic carbocycles. The maximum Gasteiger partial charge on any atom is 0.222 e. The van der Waals surface area contributed by atoms with E-state index in [4.69, 9.17) is 0 Å². The number of aromatic nitrogens is 1. The predicted octanol–water partition coefficient (Wildman–Crippen LogP) is 4.66. The van der Waals surface area contributed by atoms with Crippen molar-refractivity contribution in [3.8, 4) is 0 Å². The third-order valence-electron chi connectivity index (χ3n) is 5.20. The molecule has 0 unspecified atom stereocenters. The van der Waals surface area contributed by atoms with Gasteiger partial charge in [-0.25, -0.2) is 9.37 Å². The molecule has 1 aliphatic heterocycles. The van der Waals surface area contributed by atoms with Gasteiger partial charge in [-0.2, -0.15) is 0 Å². The largest absolute Gasteiger partial charge is 0.343 e. The summed E-state index contributed by atoms with van der Waals surface area (Å²) in [5.74, 6) is 0.169. The van der Waals surface area contributed by atoms with Crippen LogP contribution in [-0.2, 0) is 4.79 Å². The second kappa shape index (κ2) is 8.74. The lowest BCUT2D eigenvalue weighted by atomic mass is 9.97. The van der Waals surface area contributed by atoms with Crippen LogP contribution in [0.15, 0.2) is 24.3 Å². The molecule has 0 N–H and O–H groups in total. The van der Waals surface area contributed by atoms with Gasteiger partial charge in [-0.3, -0.25) is 9.59 Å². The summed E-state index contributed by atoms with van der Waals surface area (Å²) in [4.78, 5) is 32.3. The highest BCUT2D eigenvalue weighted by Gasteiger charge is 2.25. The van der Waals surface area contributed by atoms with E-state index in [2.05, 4.69) is 11.9 Å². The molecule has 1 amide bonds. The SMILES string of the molecule is Cc1nc(C2CCN(C(=O)CCCC(=O)c3ccc(F)cc3)CC2)sc1C. The fraction of sp³-hybridized carbons (Fsp3) is 0.476. The van der Waals surface area contributed by atoms with Crippen molar-refractivity contribution in [2.75, 3.05) is 13.1 Å². The highest BCUT2D eigenvalue weighted by Crippen LogP contribution is 2.32. The minimum Gasteiger partial charge on any atom is -0.343 e. The lowest BCUT2D eigenvalue weighted by Gasteiger charge is -2.31. The quantitative estimate of drug-likeness (QED) is 0.677. The number of carbonyl (C=O) groups is 2. The molecule has 1 aromatic heterocycles. The highest BCUT2D eigenvalue weighted by molar-refractivity contribution is 7.11. The summed E-state index contributed by atoms with van der Waals surface area (Å²) in [6.07, 6.45) is 3.12. The Labute approximate surface area is 163 Å². The van der Waals surface area contributed by atoms with Gasteiger partial charge in [-0.15, -0.1) is 11.3 Å². The van der Waals surface area contributed by atoms with Gasteiger partial charge in [0.2, 0.25) is 5.91 Å². The summed E-state index contributed by atoms with van der Waals surface area (Å²) in [5.41, 5.74) is 1.61. The number of benzene rings is 1. The van der Waals surface area contributed by atoms with Crippen LogP contribution in [-0.4, -0.2) is 34.7 Å². The molecule has 6 heteroatoms. The molecule has 1 aliphatic rings. The topological polar surface area (TPSA) is 50.3 Å². The van der Waals surface area contributed by atoms with Crippen LogP contribution in [0.2, 0.25) is 0 Å². The first-order valence-corrected chi connectivity index (χ1v) is 10.3. The zero-order valence-electron chi connectivity index (χ0n) is 15.8. The number of halogens is 1. The van der Waals surface area contributed by atoms with Crippen LogP contribution in [0.1, 0.15) is 64.0 Å². The number of piperidine rings is 1. The molecule has 27 heavy (non-hydrogen) atoms. The Morgan fingerprint density at radius 2 is 1.81 bits per heavy atom. The first-order chi connectivity index (χ1) is 12.9. The smallest absolute Gasteiger partial charge is 0.222 e. The number of thiazole rings is 1. The number of aryl methyl sites for hydroxylation is 2. The van der Waals surface area contributed by atoms with Crippen LogP contribution in [0.3, 0.4) is 0 Å². The van der Waals surface area contributed by atoms with Crippen molar-refractivity contribution < 1.29 is 14.0 Å². The molecule has 2 aromatic rings. The van der Waals surface area contributed by atoms with E-state index in [1.54, 1.807) is 11.3 Å². The fourth-order valence-electron chi connectivity index (χ4n) is 3.39. The summed E-state index contributed by atoms with van der Waals surface area (Å²) in [5, 5.41) is 1.20. The van der Waals surface area contributed by atoms with Gasteiger partial charge in [0.25, 0.3) is 0 Å². The van der Waals surface area contributed by atoms with E-state index >= 15 is 0 Å². The molecule has 1 aromatic carbocycles. The molecule has 1 saturated heterocycles. The van der Waals surface area contributed by atoms with Crippen molar-refractivity contribution in [1.82, 2.24) is 9.88 Å². The standard InChI is InChI=1S/C21H25FN2O2S/c1-14-15(2)27-21(23-14)17-10-12-24(13-11-17)20(26)5-3-4-19(25)16-6-8-18(22)9-7-16/h6-9,17H,3-5,10-13H2,1-2H3. The summed E-state index contributed by atoms with van der Waals surface area (Å²) in [6.45, 7) is 5.66. The van der Waals surface area contributed by atoms with Crippen LogP contribution >= 0.6 is 11.3 Å². The van der Waals surface area contributed by atoms with Gasteiger partial charge in [0.15, 0.2) is 5.78 Å². The van der Waals surface area contributed by atoms with Gasteiger partial charge in [-0.05, 0) is 57.4 Å². The molecule has 0 radical (unpaired) electrons. The van der Waals surface area contributed by atoms with Crippen molar-refractivity contribution in [1.29, 1.82) is 0 Å². The number of nitrogens with zero attached hydrogens (tertiary/aromatic N) is 2. The minimum atomic E-state index is -0.354. The second-order valence-electron chi connectivity index (χ2n) is 7.13. The van der Waals surface area contributed by atoms with Crippen molar-refractivity contribution in [3.63, 3.8) is 0 Å². The molecule has 0 saturated carbocycles. The lowest BCUT2D eigenvalue weighted by molar-refractivity contribution is -0.132. The molecule has 0 bridgehead atoms. The Bertz CT molecular complexity index is 789. The van der Waals surface area contributed by atoms with Crippen LogP contribution in [0, 0.1) is 19.7 Å². The Morgan fingerprint density at radius 1 is 1.15 bits per heavy atom. The Kier molecular flexibility index (Phi) is 6.37. The number of rotatable bonds is 6. The van der Waals surface area contributed by atoms with E-state index in [0.717, 1.165) is 31.6 Å². The maximum atomic E-state index is 12.9. The van der Waals surface area contributed by atoms with Gasteiger partial charge in [-0.1, -0.05) is 0 Å². The summed E-state index contributed by atoms with van der Waals surface area (Å²) in [7, 11) is 0. The van der Waals surface area contributed by atoms with E-state index in [1.165, 1.54) is 34.2 Å². The number of hydrogen-bond acceptors (Lipinski definition) is 4. The summed E-state index contributed by atoms with van der Waals surface area (Å²) in [6, 6.07) is 5.56. The van der Waals surface area contributed by atoms with E-state index in [-0.39, 0.29) is 17.5 Å². The third kappa shape index (κ3) is 5.01. The van der Waals surface area contributed by atoms with Crippen molar-refractivity contribution in [3.05, 3.63) is 51.2 Å². The molecule has 4 nitrogen and oxygen atoms in total. The highest BCUT2D eigenvalue weighted by atomic mass is 32.1. The predicted molar refractivity (Wildman–Crippen MR) is 105 cm³/mol. The monoisotopic (exact) mass is 388 g/mol. The van der Waals surface area contributed by atoms with Crippen molar-refractivity contribution in [2.24, 2.45) is 0 Å². The van der Waals surface area contributed by atoms with Crippen LogP contribution in [0.5, 0.6) is 0 Å². The van der Waals surface area contributed by atoms with E-state index in [1.807, 2.05) is 11.8 Å². The zero-order valence-corrected chi connectivity index (χ0v) is 16.7. The van der Waals surface area contributed by atoms with E-state index in [9.17, 15) is 14.0 Å². The average molecular weight is 389 g/mol. The normalized spacial score (nSPS) is 15.1. The van der Waals surface area contributed by atoms with E-state index < -0.39 is 0 Å². The van der Waals surface area contributed by atoms with Gasteiger partial charge in [0.1, 0.15) is 5.82 Å². The molecule has 0 spiro atoms. The van der Waals surface area contributed by atoms with E-state index in [0.29, 0.717) is 30.7 Å². The number of ketones is 1. The van der Waals surface area contributed by atoms with Crippen LogP contribution in [0.25, 0.3) is 0 Å². The molecule has 144 valence electrons. The van der Waals surface area contributed by atoms with Gasteiger partial charge >= 0.3 is 0 Å². The van der Waals surface area contributed by atoms with Crippen LogP contribution < -0.4 is 0 Å². The number of amides is 1. The third-order valence-corrected chi connectivity index (χ3v) is 6.44. The number of Topliss-reactive ketones (excluding diaryl/α,β-unsaturated/α-hetero) is 1. The molecule has 1 fully saturated rings. The molecular formula is C21H25FN2O2S. The Balaban J connectivity index is 1.41. The minimum absolute atomic E-state index is 0.0454. The Hall–Kier alpha value is -2.08. The summed E-state index contributed by atoms with van der Waals surface area (Å²) < 4.78 is 12.9. The lowest BCUT2D eigenvalue weighted by Crippen LogP contribution is -2.37. The first kappa shape index (κ1) is 19.7. The fourth-order valence-corrected chi connectivity index (χ4v) is 4.48. The maximum absolute atomic E-state index is 12.9. The molecular weight excluding hydrogens is 363 g/mol. The van der Waals surface area contributed by atoms with Crippen molar-refractivity contribution >= 4 is 23.0 Å². The summed E-state index contributed by atoms with van der Waals surface area (Å²) >= 11 is 1.77. The Morgan fingerprint density at radius 3 is 2.41 bits per heavy atom. The molecule has 3 rings (SSSR count). The second-order valence-corrected chi connectivity index (χ2v) is 8.37. The van der Waals surface area contributed by atoms with Gasteiger partial charge in [0.05, 0.1) is 10.7 Å². The van der Waals surface area contributed by atoms with Crippen LogP contribution in [0.4, 0.5) is 4.39 Å². The van der Waals surface area contributed by atoms with Gasteiger partial charge < -0.3 is 4.90 Å². The number of hydrogen-bond donors (Lipinski definition) is 0. The molecule has 2 heterocycles. The first-order valence-electron chi connectivity index (χ1n) is 9.44. The van der Waals surface area contributed by atoms with Crippen molar-refractivity contribution in [2.45, 2.75) is 51.9 Å². The number of likely N-dealkylation sites (tertiary alicyclic amines) is 1. The molecule has 0 atom stereocenters. The number of carbonyl (C=O) groups excluding carboxylic acids is 2. The zero-order chi connectivity index (χ0) is 19.4. The van der Waals surface area contributed by atoms with Gasteiger partial charge in [0, 0.05) is 42.3 Å².